The topological polar surface area (TPSA) is 118 Å². The monoisotopic (exact) mass is 330 g/mol. The minimum atomic E-state index is -4.76. The first-order chi connectivity index (χ1) is 8.29. The van der Waals surface area contributed by atoms with Gasteiger partial charge in [0.15, 0.2) is 5.25 Å². The van der Waals surface area contributed by atoms with Gasteiger partial charge in [0, 0.05) is 0 Å². The Morgan fingerprint density at radius 3 is 2.15 bits per heavy atom. The molecule has 0 fully saturated rings. The Labute approximate surface area is 166 Å². The zero-order chi connectivity index (χ0) is 14.2. The predicted molar refractivity (Wildman–Crippen MR) is 64.9 cm³/mol. The Morgan fingerprint density at radius 1 is 1.20 bits per heavy atom. The molecule has 0 aliphatic heterocycles. The molecule has 0 bridgehead atoms. The van der Waals surface area contributed by atoms with Gasteiger partial charge in [0.25, 0.3) is 10.1 Å². The second-order valence-electron chi connectivity index (χ2n) is 3.83. The summed E-state index contributed by atoms with van der Waals surface area (Å²) in [4.78, 5) is 21.7. The SMILES string of the molecule is CCCCCCOC(=O)C(CC(=O)O)S(=O)(=O)O.[H-].[H-].[Na+].[Na+]. The standard InChI is InChI=1S/C10H18O7S.2Na.2H/c1-2-3-4-5-6-17-10(13)8(7-9(11)12)18(14,15)16;;;;/h8H,2-7H2,1H3,(H,11,12)(H,14,15,16);;;;/q;2*+1;2*-1. The summed E-state index contributed by atoms with van der Waals surface area (Å²) in [7, 11) is -4.76. The van der Waals surface area contributed by atoms with Gasteiger partial charge >= 0.3 is 71.1 Å². The average Bonchev–Trinajstić information content (AvgIpc) is 2.23. The van der Waals surface area contributed by atoms with Crippen LogP contribution >= 0.6 is 0 Å². The summed E-state index contributed by atoms with van der Waals surface area (Å²) in [5.74, 6) is -2.73. The molecule has 0 saturated carbocycles. The third-order valence-corrected chi connectivity index (χ3v) is 3.30. The summed E-state index contributed by atoms with van der Waals surface area (Å²) in [6.07, 6.45) is 2.37. The molecule has 0 heterocycles. The van der Waals surface area contributed by atoms with E-state index in [9.17, 15) is 18.0 Å². The second-order valence-corrected chi connectivity index (χ2v) is 5.43. The summed E-state index contributed by atoms with van der Waals surface area (Å²) in [6, 6.07) is 0. The number of aliphatic carboxylic acids is 1. The molecule has 20 heavy (non-hydrogen) atoms. The molecule has 0 radical (unpaired) electrons. The normalized spacial score (nSPS) is 11.7. The van der Waals surface area contributed by atoms with Gasteiger partial charge in [-0.3, -0.25) is 14.1 Å². The average molecular weight is 330 g/mol. The third kappa shape index (κ3) is 12.6. The first-order valence-electron chi connectivity index (χ1n) is 5.63. The number of unbranched alkanes of at least 4 members (excludes halogenated alkanes) is 3. The van der Waals surface area contributed by atoms with Gasteiger partial charge in [-0.1, -0.05) is 26.2 Å². The quantitative estimate of drug-likeness (QED) is 0.188. The fraction of sp³-hybridized carbons (Fsp3) is 0.800. The van der Waals surface area contributed by atoms with Crippen LogP contribution in [-0.4, -0.2) is 41.9 Å². The maximum Gasteiger partial charge on any atom is 1.00 e. The van der Waals surface area contributed by atoms with Crippen molar-refractivity contribution in [2.75, 3.05) is 6.61 Å². The molecule has 0 aliphatic rings. The van der Waals surface area contributed by atoms with Crippen LogP contribution in [0.5, 0.6) is 0 Å². The van der Waals surface area contributed by atoms with Crippen LogP contribution in [0, 0.1) is 0 Å². The van der Waals surface area contributed by atoms with E-state index in [-0.39, 0.29) is 68.6 Å². The molecular formula is C10H20Na2O7S. The summed E-state index contributed by atoms with van der Waals surface area (Å²) in [6.45, 7) is 2.03. The first kappa shape index (κ1) is 25.8. The zero-order valence-electron chi connectivity index (χ0n) is 14.2. The van der Waals surface area contributed by atoms with Crippen LogP contribution in [0.3, 0.4) is 0 Å². The number of carboxylic acid groups (broad SMARTS) is 1. The number of hydrogen-bond donors (Lipinski definition) is 2. The second kappa shape index (κ2) is 13.5. The molecule has 0 aromatic rings. The summed E-state index contributed by atoms with van der Waals surface area (Å²) in [5, 5.41) is 6.40. The van der Waals surface area contributed by atoms with E-state index in [2.05, 4.69) is 4.74 Å². The molecule has 0 aromatic carbocycles. The third-order valence-electron chi connectivity index (χ3n) is 2.22. The van der Waals surface area contributed by atoms with Crippen molar-refractivity contribution in [3.05, 3.63) is 0 Å². The van der Waals surface area contributed by atoms with Crippen LogP contribution < -0.4 is 59.1 Å². The summed E-state index contributed by atoms with van der Waals surface area (Å²) >= 11 is 0. The van der Waals surface area contributed by atoms with Crippen molar-refractivity contribution in [1.82, 2.24) is 0 Å². The van der Waals surface area contributed by atoms with Crippen LogP contribution in [0.25, 0.3) is 0 Å². The number of hydrogen-bond acceptors (Lipinski definition) is 5. The van der Waals surface area contributed by atoms with E-state index in [0.29, 0.717) is 6.42 Å². The summed E-state index contributed by atoms with van der Waals surface area (Å²) in [5.41, 5.74) is 0. The molecule has 110 valence electrons. The van der Waals surface area contributed by atoms with Crippen LogP contribution in [0.2, 0.25) is 0 Å². The van der Waals surface area contributed by atoms with Crippen molar-refractivity contribution >= 4 is 22.1 Å². The van der Waals surface area contributed by atoms with Gasteiger partial charge in [-0.2, -0.15) is 8.42 Å². The van der Waals surface area contributed by atoms with E-state index in [1.54, 1.807) is 0 Å². The molecule has 7 nitrogen and oxygen atoms in total. The Bertz CT molecular complexity index is 393. The van der Waals surface area contributed by atoms with Crippen LogP contribution in [0.4, 0.5) is 0 Å². The van der Waals surface area contributed by atoms with Crippen molar-refractivity contribution in [3.63, 3.8) is 0 Å². The number of carboxylic acids is 1. The Morgan fingerprint density at radius 2 is 1.75 bits per heavy atom. The van der Waals surface area contributed by atoms with E-state index >= 15 is 0 Å². The van der Waals surface area contributed by atoms with Crippen molar-refractivity contribution in [2.45, 2.75) is 44.3 Å². The van der Waals surface area contributed by atoms with Gasteiger partial charge in [0.2, 0.25) is 0 Å². The molecule has 0 aliphatic carbocycles. The van der Waals surface area contributed by atoms with E-state index < -0.39 is 33.7 Å². The Hall–Kier alpha value is 0.850. The molecule has 0 spiro atoms. The number of carbonyl (C=O) groups excluding carboxylic acids is 1. The van der Waals surface area contributed by atoms with E-state index in [4.69, 9.17) is 9.66 Å². The van der Waals surface area contributed by atoms with E-state index in [0.717, 1.165) is 19.3 Å². The molecule has 10 heteroatoms. The molecule has 0 saturated heterocycles. The largest absolute Gasteiger partial charge is 1.00 e. The van der Waals surface area contributed by atoms with E-state index in [1.165, 1.54) is 0 Å². The fourth-order valence-electron chi connectivity index (χ4n) is 1.26. The van der Waals surface area contributed by atoms with Crippen molar-refractivity contribution in [3.8, 4) is 0 Å². The number of carbonyl (C=O) groups is 2. The number of ether oxygens (including phenoxy) is 1. The van der Waals surface area contributed by atoms with E-state index in [1.807, 2.05) is 6.92 Å². The van der Waals surface area contributed by atoms with Crippen molar-refractivity contribution < 1.29 is 94.4 Å². The minimum absolute atomic E-state index is 0. The Balaban J connectivity index is -0.000000241. The van der Waals surface area contributed by atoms with Crippen molar-refractivity contribution in [1.29, 1.82) is 0 Å². The molecule has 0 rings (SSSR count). The zero-order valence-corrected chi connectivity index (χ0v) is 17.0. The van der Waals surface area contributed by atoms with Crippen LogP contribution in [0.15, 0.2) is 0 Å². The Kier molecular flexibility index (Phi) is 17.4. The van der Waals surface area contributed by atoms with Gasteiger partial charge in [0.05, 0.1) is 13.0 Å². The minimum Gasteiger partial charge on any atom is -1.00 e. The first-order valence-corrected chi connectivity index (χ1v) is 7.14. The van der Waals surface area contributed by atoms with Gasteiger partial charge in [-0.05, 0) is 6.42 Å². The molecule has 2 N–H and O–H groups in total. The smallest absolute Gasteiger partial charge is 1.00 e. The summed E-state index contributed by atoms with van der Waals surface area (Å²) < 4.78 is 35.1. The maximum atomic E-state index is 11.3. The molecular weight excluding hydrogens is 310 g/mol. The van der Waals surface area contributed by atoms with Gasteiger partial charge in [-0.25, -0.2) is 0 Å². The molecule has 0 aromatic heterocycles. The van der Waals surface area contributed by atoms with Gasteiger partial charge in [0.1, 0.15) is 0 Å². The number of rotatable bonds is 9. The van der Waals surface area contributed by atoms with Crippen LogP contribution in [-0.2, 0) is 24.4 Å². The van der Waals surface area contributed by atoms with Crippen LogP contribution in [0.1, 0.15) is 41.9 Å². The van der Waals surface area contributed by atoms with Gasteiger partial charge in [-0.15, -0.1) is 0 Å². The van der Waals surface area contributed by atoms with Gasteiger partial charge < -0.3 is 12.7 Å². The molecule has 0 amide bonds. The maximum absolute atomic E-state index is 11.3. The molecule has 1 atom stereocenters. The van der Waals surface area contributed by atoms with Crippen molar-refractivity contribution in [2.24, 2.45) is 0 Å². The fourth-order valence-corrected chi connectivity index (χ4v) is 1.93. The predicted octanol–water partition coefficient (Wildman–Crippen LogP) is -4.93. The number of esters is 1. The molecule has 1 unspecified atom stereocenters.